The number of methoxy groups -OCH3 is 1. The van der Waals surface area contributed by atoms with Crippen molar-refractivity contribution < 1.29 is 9.66 Å². The van der Waals surface area contributed by atoms with Gasteiger partial charge in [-0.3, -0.25) is 10.1 Å². The molecule has 0 saturated heterocycles. The van der Waals surface area contributed by atoms with E-state index < -0.39 is 10.8 Å². The van der Waals surface area contributed by atoms with Gasteiger partial charge in [-0.05, 0) is 6.42 Å². The van der Waals surface area contributed by atoms with Crippen molar-refractivity contribution in [2.45, 2.75) is 12.3 Å². The van der Waals surface area contributed by atoms with Crippen LogP contribution in [0.4, 0.5) is 5.69 Å². The predicted octanol–water partition coefficient (Wildman–Crippen LogP) is 2.18. The summed E-state index contributed by atoms with van der Waals surface area (Å²) in [6, 6.07) is 4.65. The number of nitrogens with zero attached hydrogens (tertiary/aromatic N) is 3. The van der Waals surface area contributed by atoms with Gasteiger partial charge in [-0.1, -0.05) is 6.08 Å². The molecular weight excluding hydrogens is 222 g/mol. The maximum Gasteiger partial charge on any atom is 0.292 e. The lowest BCUT2D eigenvalue weighted by Gasteiger charge is -2.08. The Morgan fingerprint density at radius 3 is 2.94 bits per heavy atom. The molecule has 1 unspecified atom stereocenters. The standard InChI is InChI=1S/C11H11N3O3/c1-3-4-8(7-12)11-9(14(15)16)5-6-10(13-11)17-2/h3,5-6,8H,1,4H2,2H3. The summed E-state index contributed by atoms with van der Waals surface area (Å²) in [6.07, 6.45) is 1.83. The Labute approximate surface area is 98.3 Å². The van der Waals surface area contributed by atoms with E-state index in [1.165, 1.54) is 25.3 Å². The average Bonchev–Trinajstić information content (AvgIpc) is 2.35. The Kier molecular flexibility index (Phi) is 4.17. The molecule has 0 N–H and O–H groups in total. The van der Waals surface area contributed by atoms with Crippen molar-refractivity contribution in [3.63, 3.8) is 0 Å². The number of pyridine rings is 1. The van der Waals surface area contributed by atoms with Gasteiger partial charge < -0.3 is 4.74 Å². The summed E-state index contributed by atoms with van der Waals surface area (Å²) in [5.74, 6) is -0.446. The zero-order chi connectivity index (χ0) is 12.8. The maximum absolute atomic E-state index is 10.8. The lowest BCUT2D eigenvalue weighted by molar-refractivity contribution is -0.386. The summed E-state index contributed by atoms with van der Waals surface area (Å²) < 4.78 is 4.89. The third kappa shape index (κ3) is 2.78. The molecular formula is C11H11N3O3. The van der Waals surface area contributed by atoms with Gasteiger partial charge in [-0.15, -0.1) is 6.58 Å². The first-order valence-corrected chi connectivity index (χ1v) is 4.83. The molecule has 0 fully saturated rings. The highest BCUT2D eigenvalue weighted by molar-refractivity contribution is 5.42. The van der Waals surface area contributed by atoms with Crippen LogP contribution in [0.15, 0.2) is 24.8 Å². The van der Waals surface area contributed by atoms with Gasteiger partial charge in [0.25, 0.3) is 5.69 Å². The van der Waals surface area contributed by atoms with Gasteiger partial charge in [0.2, 0.25) is 5.88 Å². The summed E-state index contributed by atoms with van der Waals surface area (Å²) in [4.78, 5) is 14.2. The van der Waals surface area contributed by atoms with Crippen molar-refractivity contribution >= 4 is 5.69 Å². The molecule has 6 heteroatoms. The zero-order valence-electron chi connectivity index (χ0n) is 9.29. The fourth-order valence-electron chi connectivity index (χ4n) is 1.37. The first kappa shape index (κ1) is 12.6. The normalized spacial score (nSPS) is 11.3. The van der Waals surface area contributed by atoms with E-state index in [0.29, 0.717) is 6.42 Å². The van der Waals surface area contributed by atoms with Crippen molar-refractivity contribution in [3.8, 4) is 11.9 Å². The second-order valence-corrected chi connectivity index (χ2v) is 3.22. The fraction of sp³-hybridized carbons (Fsp3) is 0.273. The van der Waals surface area contributed by atoms with Gasteiger partial charge >= 0.3 is 0 Å². The number of aromatic nitrogens is 1. The highest BCUT2D eigenvalue weighted by atomic mass is 16.6. The Hall–Kier alpha value is -2.42. The molecule has 0 aromatic carbocycles. The third-order valence-corrected chi connectivity index (χ3v) is 2.17. The van der Waals surface area contributed by atoms with E-state index >= 15 is 0 Å². The van der Waals surface area contributed by atoms with E-state index in [-0.39, 0.29) is 17.3 Å². The topological polar surface area (TPSA) is 89.0 Å². The van der Waals surface area contributed by atoms with Crippen LogP contribution < -0.4 is 4.74 Å². The van der Waals surface area contributed by atoms with E-state index in [1.807, 2.05) is 6.07 Å². The molecule has 1 atom stereocenters. The van der Waals surface area contributed by atoms with Gasteiger partial charge in [0.15, 0.2) is 0 Å². The highest BCUT2D eigenvalue weighted by Crippen LogP contribution is 2.28. The Bertz CT molecular complexity index is 479. The smallest absolute Gasteiger partial charge is 0.292 e. The monoisotopic (exact) mass is 233 g/mol. The second kappa shape index (κ2) is 5.61. The first-order chi connectivity index (χ1) is 8.13. The van der Waals surface area contributed by atoms with Crippen LogP contribution in [-0.2, 0) is 0 Å². The van der Waals surface area contributed by atoms with Gasteiger partial charge in [-0.2, -0.15) is 5.26 Å². The molecule has 0 radical (unpaired) electrons. The van der Waals surface area contributed by atoms with Crippen LogP contribution in [0.3, 0.4) is 0 Å². The minimum Gasteiger partial charge on any atom is -0.481 e. The van der Waals surface area contributed by atoms with Crippen molar-refractivity contribution in [2.75, 3.05) is 7.11 Å². The van der Waals surface area contributed by atoms with Crippen LogP contribution >= 0.6 is 0 Å². The number of hydrogen-bond donors (Lipinski definition) is 0. The first-order valence-electron chi connectivity index (χ1n) is 4.83. The van der Waals surface area contributed by atoms with Crippen LogP contribution in [0.2, 0.25) is 0 Å². The van der Waals surface area contributed by atoms with E-state index in [9.17, 15) is 10.1 Å². The zero-order valence-corrected chi connectivity index (χ0v) is 9.29. The maximum atomic E-state index is 10.8. The van der Waals surface area contributed by atoms with Crippen LogP contribution in [0, 0.1) is 21.4 Å². The van der Waals surface area contributed by atoms with Gasteiger partial charge in [-0.25, -0.2) is 4.98 Å². The Balaban J connectivity index is 3.30. The van der Waals surface area contributed by atoms with Crippen LogP contribution in [-0.4, -0.2) is 17.0 Å². The second-order valence-electron chi connectivity index (χ2n) is 3.22. The molecule has 0 bridgehead atoms. The van der Waals surface area contributed by atoms with Crippen molar-refractivity contribution in [2.24, 2.45) is 0 Å². The molecule has 0 aliphatic heterocycles. The molecule has 0 spiro atoms. The minimum atomic E-state index is -0.692. The number of ether oxygens (including phenoxy) is 1. The number of allylic oxidation sites excluding steroid dienone is 1. The average molecular weight is 233 g/mol. The minimum absolute atomic E-state index is 0.108. The molecule has 0 aliphatic rings. The molecule has 6 nitrogen and oxygen atoms in total. The van der Waals surface area contributed by atoms with Gasteiger partial charge in [0.05, 0.1) is 24.0 Å². The molecule has 88 valence electrons. The summed E-state index contributed by atoms with van der Waals surface area (Å²) in [7, 11) is 1.41. The number of nitriles is 1. The van der Waals surface area contributed by atoms with Crippen LogP contribution in [0.25, 0.3) is 0 Å². The van der Waals surface area contributed by atoms with E-state index in [0.717, 1.165) is 0 Å². The van der Waals surface area contributed by atoms with E-state index in [2.05, 4.69) is 11.6 Å². The Morgan fingerprint density at radius 2 is 2.47 bits per heavy atom. The molecule has 0 amide bonds. The van der Waals surface area contributed by atoms with Crippen LogP contribution in [0.5, 0.6) is 5.88 Å². The summed E-state index contributed by atoms with van der Waals surface area (Å²) >= 11 is 0. The summed E-state index contributed by atoms with van der Waals surface area (Å²) in [6.45, 7) is 3.51. The lowest BCUT2D eigenvalue weighted by atomic mass is 10.0. The molecule has 17 heavy (non-hydrogen) atoms. The van der Waals surface area contributed by atoms with Crippen LogP contribution in [0.1, 0.15) is 18.0 Å². The Morgan fingerprint density at radius 1 is 1.76 bits per heavy atom. The number of rotatable bonds is 5. The summed E-state index contributed by atoms with van der Waals surface area (Å²) in [5.41, 5.74) is -0.0732. The highest BCUT2D eigenvalue weighted by Gasteiger charge is 2.23. The van der Waals surface area contributed by atoms with Crippen molar-refractivity contribution in [1.82, 2.24) is 4.98 Å². The molecule has 0 aliphatic carbocycles. The number of hydrogen-bond acceptors (Lipinski definition) is 5. The SMILES string of the molecule is C=CCC(C#N)c1nc(OC)ccc1[N+](=O)[O-]. The van der Waals surface area contributed by atoms with Gasteiger partial charge in [0, 0.05) is 12.1 Å². The van der Waals surface area contributed by atoms with E-state index in [1.54, 1.807) is 0 Å². The number of nitro groups is 1. The molecule has 1 aromatic rings. The van der Waals surface area contributed by atoms with Crippen molar-refractivity contribution in [1.29, 1.82) is 5.26 Å². The van der Waals surface area contributed by atoms with Gasteiger partial charge in [0.1, 0.15) is 5.69 Å². The predicted molar refractivity (Wildman–Crippen MR) is 60.6 cm³/mol. The fourth-order valence-corrected chi connectivity index (χ4v) is 1.37. The molecule has 0 saturated carbocycles. The quantitative estimate of drug-likeness (QED) is 0.441. The largest absolute Gasteiger partial charge is 0.481 e. The molecule has 1 rings (SSSR count). The summed E-state index contributed by atoms with van der Waals surface area (Å²) in [5, 5.41) is 19.8. The molecule has 1 heterocycles. The molecule has 1 aromatic heterocycles. The third-order valence-electron chi connectivity index (χ3n) is 2.17. The lowest BCUT2D eigenvalue weighted by Crippen LogP contribution is -2.04. The van der Waals surface area contributed by atoms with Crippen molar-refractivity contribution in [3.05, 3.63) is 40.6 Å². The van der Waals surface area contributed by atoms with E-state index in [4.69, 9.17) is 10.00 Å².